The average molecular weight is 391 g/mol. The summed E-state index contributed by atoms with van der Waals surface area (Å²) in [6.45, 7) is 3.89. The van der Waals surface area contributed by atoms with E-state index in [2.05, 4.69) is 10.3 Å². The van der Waals surface area contributed by atoms with Crippen LogP contribution < -0.4 is 10.9 Å². The first-order chi connectivity index (χ1) is 12.8. The predicted molar refractivity (Wildman–Crippen MR) is 107 cm³/mol. The second-order valence-corrected chi connectivity index (χ2v) is 7.79. The number of carboxylic acid groups (broad SMARTS) is 1. The third-order valence-electron chi connectivity index (χ3n) is 4.25. The summed E-state index contributed by atoms with van der Waals surface area (Å²) in [6.07, 6.45) is 3.97. The number of carbonyl (C=O) groups is 2. The SMILES string of the molecule is CSCCC(NC(=O)C(CC(C)C)n1cnc2ccccc2c1=O)C(=O)O. The number of hydrogen-bond donors (Lipinski definition) is 2. The van der Waals surface area contributed by atoms with Gasteiger partial charge in [-0.2, -0.15) is 11.8 Å². The van der Waals surface area contributed by atoms with Crippen molar-refractivity contribution < 1.29 is 14.7 Å². The Labute approximate surface area is 162 Å². The first-order valence-electron chi connectivity index (χ1n) is 8.83. The zero-order valence-corrected chi connectivity index (χ0v) is 16.5. The standard InChI is InChI=1S/C19H25N3O4S/c1-12(2)10-16(17(23)21-15(19(25)26)8-9-27-3)22-11-20-14-7-5-4-6-13(14)18(22)24/h4-7,11-12,15-16H,8-10H2,1-3H3,(H,21,23)(H,25,26). The van der Waals surface area contributed by atoms with Gasteiger partial charge in [-0.15, -0.1) is 0 Å². The van der Waals surface area contributed by atoms with Gasteiger partial charge in [0.15, 0.2) is 0 Å². The molecule has 0 aliphatic heterocycles. The van der Waals surface area contributed by atoms with E-state index in [4.69, 9.17) is 0 Å². The molecule has 146 valence electrons. The Morgan fingerprint density at radius 3 is 2.63 bits per heavy atom. The predicted octanol–water partition coefficient (Wildman–Crippen LogP) is 2.31. The smallest absolute Gasteiger partial charge is 0.326 e. The zero-order valence-electron chi connectivity index (χ0n) is 15.7. The molecule has 2 atom stereocenters. The number of amides is 1. The number of fused-ring (bicyclic) bond motifs is 1. The molecule has 1 aromatic heterocycles. The summed E-state index contributed by atoms with van der Waals surface area (Å²) in [7, 11) is 0. The van der Waals surface area contributed by atoms with Crippen LogP contribution in [0.3, 0.4) is 0 Å². The van der Waals surface area contributed by atoms with E-state index in [-0.39, 0.29) is 11.5 Å². The van der Waals surface area contributed by atoms with Crippen LogP contribution in [0.5, 0.6) is 0 Å². The molecule has 0 spiro atoms. The van der Waals surface area contributed by atoms with Crippen molar-refractivity contribution in [2.75, 3.05) is 12.0 Å². The van der Waals surface area contributed by atoms with Gasteiger partial charge in [0.2, 0.25) is 5.91 Å². The first kappa shape index (κ1) is 21.0. The molecule has 7 nitrogen and oxygen atoms in total. The van der Waals surface area contributed by atoms with Gasteiger partial charge in [0, 0.05) is 0 Å². The lowest BCUT2D eigenvalue weighted by Crippen LogP contribution is -2.46. The molecule has 0 radical (unpaired) electrons. The van der Waals surface area contributed by atoms with E-state index < -0.39 is 24.0 Å². The van der Waals surface area contributed by atoms with Crippen molar-refractivity contribution in [3.8, 4) is 0 Å². The van der Waals surface area contributed by atoms with E-state index in [1.807, 2.05) is 20.1 Å². The molecule has 0 bridgehead atoms. The lowest BCUT2D eigenvalue weighted by Gasteiger charge is -2.23. The van der Waals surface area contributed by atoms with E-state index in [1.165, 1.54) is 22.7 Å². The van der Waals surface area contributed by atoms with Crippen molar-refractivity contribution >= 4 is 34.5 Å². The van der Waals surface area contributed by atoms with Gasteiger partial charge in [-0.3, -0.25) is 14.2 Å². The number of rotatable bonds is 9. The number of carbonyl (C=O) groups excluding carboxylic acids is 1. The van der Waals surface area contributed by atoms with Crippen LogP contribution in [0.15, 0.2) is 35.4 Å². The fourth-order valence-corrected chi connectivity index (χ4v) is 3.33. The number of nitrogens with one attached hydrogen (secondary N) is 1. The van der Waals surface area contributed by atoms with Gasteiger partial charge in [-0.05, 0) is 42.9 Å². The molecule has 1 amide bonds. The van der Waals surface area contributed by atoms with Crippen LogP contribution >= 0.6 is 11.8 Å². The number of aromatic nitrogens is 2. The lowest BCUT2D eigenvalue weighted by atomic mass is 10.0. The van der Waals surface area contributed by atoms with Crippen LogP contribution in [-0.4, -0.2) is 44.6 Å². The lowest BCUT2D eigenvalue weighted by molar-refractivity contribution is -0.142. The van der Waals surface area contributed by atoms with Crippen LogP contribution in [0.4, 0.5) is 0 Å². The summed E-state index contributed by atoms with van der Waals surface area (Å²) in [5.41, 5.74) is 0.253. The van der Waals surface area contributed by atoms with Gasteiger partial charge < -0.3 is 10.4 Å². The van der Waals surface area contributed by atoms with E-state index in [1.54, 1.807) is 24.3 Å². The highest BCUT2D eigenvalue weighted by Crippen LogP contribution is 2.18. The highest BCUT2D eigenvalue weighted by Gasteiger charge is 2.28. The molecular formula is C19H25N3O4S. The number of hydrogen-bond acceptors (Lipinski definition) is 5. The quantitative estimate of drug-likeness (QED) is 0.680. The number of para-hydroxylation sites is 1. The molecule has 1 aromatic carbocycles. The van der Waals surface area contributed by atoms with Gasteiger partial charge in [0.25, 0.3) is 5.56 Å². The maximum absolute atomic E-state index is 12.9. The van der Waals surface area contributed by atoms with E-state index in [0.717, 1.165) is 0 Å². The molecule has 8 heteroatoms. The Morgan fingerprint density at radius 1 is 1.30 bits per heavy atom. The molecule has 2 unspecified atom stereocenters. The van der Waals surface area contributed by atoms with Crippen LogP contribution in [0.1, 0.15) is 32.7 Å². The monoisotopic (exact) mass is 391 g/mol. The minimum absolute atomic E-state index is 0.133. The molecule has 2 rings (SSSR count). The molecule has 2 aromatic rings. The van der Waals surface area contributed by atoms with Gasteiger partial charge in [0.05, 0.1) is 17.2 Å². The fourth-order valence-electron chi connectivity index (χ4n) is 2.86. The third kappa shape index (κ3) is 5.32. The zero-order chi connectivity index (χ0) is 20.0. The molecule has 0 aliphatic rings. The van der Waals surface area contributed by atoms with Gasteiger partial charge in [0.1, 0.15) is 12.1 Å². The minimum atomic E-state index is -1.08. The van der Waals surface area contributed by atoms with E-state index >= 15 is 0 Å². The van der Waals surface area contributed by atoms with Crippen molar-refractivity contribution in [2.45, 2.75) is 38.8 Å². The summed E-state index contributed by atoms with van der Waals surface area (Å²) in [4.78, 5) is 41.5. The summed E-state index contributed by atoms with van der Waals surface area (Å²) in [5.74, 6) is -0.807. The third-order valence-corrected chi connectivity index (χ3v) is 4.89. The van der Waals surface area contributed by atoms with Gasteiger partial charge >= 0.3 is 5.97 Å². The Bertz CT molecular complexity index is 865. The number of carboxylic acids is 1. The van der Waals surface area contributed by atoms with Crippen LogP contribution in [-0.2, 0) is 9.59 Å². The number of nitrogens with zero attached hydrogens (tertiary/aromatic N) is 2. The molecule has 2 N–H and O–H groups in total. The molecule has 1 heterocycles. The van der Waals surface area contributed by atoms with Crippen LogP contribution in [0, 0.1) is 5.92 Å². The van der Waals surface area contributed by atoms with E-state index in [0.29, 0.717) is 29.5 Å². The molecule has 0 saturated heterocycles. The molecule has 0 aliphatic carbocycles. The van der Waals surface area contributed by atoms with Crippen LogP contribution in [0.2, 0.25) is 0 Å². The van der Waals surface area contributed by atoms with Crippen molar-refractivity contribution in [3.63, 3.8) is 0 Å². The van der Waals surface area contributed by atoms with Crippen molar-refractivity contribution in [3.05, 3.63) is 40.9 Å². The minimum Gasteiger partial charge on any atom is -0.480 e. The number of thioether (sulfide) groups is 1. The second kappa shape index (κ2) is 9.55. The summed E-state index contributed by atoms with van der Waals surface area (Å²) in [5, 5.41) is 12.4. The number of aliphatic carboxylic acids is 1. The van der Waals surface area contributed by atoms with Crippen LogP contribution in [0.25, 0.3) is 10.9 Å². The molecular weight excluding hydrogens is 366 g/mol. The van der Waals surface area contributed by atoms with Gasteiger partial charge in [-0.1, -0.05) is 26.0 Å². The summed E-state index contributed by atoms with van der Waals surface area (Å²) < 4.78 is 1.31. The topological polar surface area (TPSA) is 101 Å². The fraction of sp³-hybridized carbons (Fsp3) is 0.474. The summed E-state index contributed by atoms with van der Waals surface area (Å²) >= 11 is 1.51. The van der Waals surface area contributed by atoms with Crippen molar-refractivity contribution in [1.29, 1.82) is 0 Å². The first-order valence-corrected chi connectivity index (χ1v) is 10.2. The Kier molecular flexibility index (Phi) is 7.41. The molecule has 27 heavy (non-hydrogen) atoms. The maximum atomic E-state index is 12.9. The van der Waals surface area contributed by atoms with Crippen molar-refractivity contribution in [1.82, 2.24) is 14.9 Å². The van der Waals surface area contributed by atoms with E-state index in [9.17, 15) is 19.5 Å². The number of benzene rings is 1. The average Bonchev–Trinajstić information content (AvgIpc) is 2.63. The normalized spacial score (nSPS) is 13.5. The highest BCUT2D eigenvalue weighted by molar-refractivity contribution is 7.98. The maximum Gasteiger partial charge on any atom is 0.326 e. The second-order valence-electron chi connectivity index (χ2n) is 6.80. The van der Waals surface area contributed by atoms with Gasteiger partial charge in [-0.25, -0.2) is 9.78 Å². The highest BCUT2D eigenvalue weighted by atomic mass is 32.2. The summed E-state index contributed by atoms with van der Waals surface area (Å²) in [6, 6.07) is 5.15. The molecule has 0 saturated carbocycles. The Morgan fingerprint density at radius 2 is 2.00 bits per heavy atom. The largest absolute Gasteiger partial charge is 0.480 e. The van der Waals surface area contributed by atoms with Crippen molar-refractivity contribution in [2.24, 2.45) is 5.92 Å². The molecule has 0 fully saturated rings. The Balaban J connectivity index is 2.37. The Hall–Kier alpha value is -2.35.